The zero-order valence-corrected chi connectivity index (χ0v) is 14.7. The summed E-state index contributed by atoms with van der Waals surface area (Å²) in [4.78, 5) is 31.6. The van der Waals surface area contributed by atoms with Crippen LogP contribution in [0.2, 0.25) is 0 Å². The van der Waals surface area contributed by atoms with E-state index in [0.717, 1.165) is 31.4 Å². The highest BCUT2D eigenvalue weighted by Gasteiger charge is 2.33. The predicted molar refractivity (Wildman–Crippen MR) is 92.7 cm³/mol. The van der Waals surface area contributed by atoms with Crippen molar-refractivity contribution >= 4 is 33.1 Å². The SMILES string of the molecule is COC(=O)CN(c1cccc([N+](=O)[O-])c1)S(=O)(=O)c1ccccc1[N+](=O)[O-]. The van der Waals surface area contributed by atoms with Gasteiger partial charge < -0.3 is 4.74 Å². The van der Waals surface area contributed by atoms with Crippen LogP contribution < -0.4 is 4.31 Å². The van der Waals surface area contributed by atoms with Crippen molar-refractivity contribution in [2.24, 2.45) is 0 Å². The van der Waals surface area contributed by atoms with Crippen LogP contribution >= 0.6 is 0 Å². The van der Waals surface area contributed by atoms with Gasteiger partial charge in [-0.25, -0.2) is 8.42 Å². The van der Waals surface area contributed by atoms with Gasteiger partial charge >= 0.3 is 5.97 Å². The van der Waals surface area contributed by atoms with Crippen molar-refractivity contribution in [3.8, 4) is 0 Å². The van der Waals surface area contributed by atoms with E-state index in [1.165, 1.54) is 24.3 Å². The van der Waals surface area contributed by atoms with Crippen molar-refractivity contribution in [3.63, 3.8) is 0 Å². The number of ether oxygens (including phenoxy) is 1. The minimum absolute atomic E-state index is 0.215. The molecule has 0 amide bonds. The number of benzene rings is 2. The van der Waals surface area contributed by atoms with Gasteiger partial charge in [0.25, 0.3) is 21.4 Å². The summed E-state index contributed by atoms with van der Waals surface area (Å²) in [6, 6.07) is 9.10. The Bertz CT molecular complexity index is 1010. The number of esters is 1. The van der Waals surface area contributed by atoms with Crippen LogP contribution in [0.15, 0.2) is 53.4 Å². The molecule has 2 aromatic carbocycles. The fourth-order valence-corrected chi connectivity index (χ4v) is 3.76. The lowest BCUT2D eigenvalue weighted by Crippen LogP contribution is -2.36. The summed E-state index contributed by atoms with van der Waals surface area (Å²) in [6.07, 6.45) is 0. The van der Waals surface area contributed by atoms with E-state index in [2.05, 4.69) is 4.74 Å². The van der Waals surface area contributed by atoms with Gasteiger partial charge in [-0.1, -0.05) is 18.2 Å². The average Bonchev–Trinajstić information content (AvgIpc) is 2.65. The number of carbonyl (C=O) groups is 1. The second-order valence-electron chi connectivity index (χ2n) is 5.09. The number of hydrogen-bond acceptors (Lipinski definition) is 8. The molecule has 0 aliphatic heterocycles. The number of carbonyl (C=O) groups excluding carboxylic acids is 1. The van der Waals surface area contributed by atoms with Gasteiger partial charge in [-0.2, -0.15) is 0 Å². The number of rotatable bonds is 7. The normalized spacial score (nSPS) is 10.9. The fraction of sp³-hybridized carbons (Fsp3) is 0.133. The summed E-state index contributed by atoms with van der Waals surface area (Å²) in [7, 11) is -3.58. The Morgan fingerprint density at radius 2 is 1.74 bits per heavy atom. The summed E-state index contributed by atoms with van der Waals surface area (Å²) < 4.78 is 31.1. The van der Waals surface area contributed by atoms with E-state index in [1.54, 1.807) is 0 Å². The van der Waals surface area contributed by atoms with E-state index in [4.69, 9.17) is 0 Å². The molecule has 0 fully saturated rings. The van der Waals surface area contributed by atoms with Crippen LogP contribution in [0.25, 0.3) is 0 Å². The molecule has 0 atom stereocenters. The molecule has 2 rings (SSSR count). The summed E-state index contributed by atoms with van der Waals surface area (Å²) >= 11 is 0. The van der Waals surface area contributed by atoms with E-state index in [9.17, 15) is 33.4 Å². The Balaban J connectivity index is 2.67. The van der Waals surface area contributed by atoms with Crippen molar-refractivity contribution < 1.29 is 27.8 Å². The van der Waals surface area contributed by atoms with Crippen LogP contribution in [0.4, 0.5) is 17.1 Å². The highest BCUT2D eigenvalue weighted by Crippen LogP contribution is 2.31. The number of sulfonamides is 1. The Hall–Kier alpha value is -3.54. The van der Waals surface area contributed by atoms with Crippen molar-refractivity contribution in [1.82, 2.24) is 0 Å². The molecule has 0 heterocycles. The van der Waals surface area contributed by atoms with E-state index in [-0.39, 0.29) is 5.69 Å². The molecular weight excluding hydrogens is 382 g/mol. The number of nitrogens with zero attached hydrogens (tertiary/aromatic N) is 3. The number of hydrogen-bond donors (Lipinski definition) is 0. The van der Waals surface area contributed by atoms with Gasteiger partial charge in [0.1, 0.15) is 6.54 Å². The van der Waals surface area contributed by atoms with Gasteiger partial charge in [0.2, 0.25) is 0 Å². The van der Waals surface area contributed by atoms with Crippen molar-refractivity contribution in [2.45, 2.75) is 4.90 Å². The summed E-state index contributed by atoms with van der Waals surface area (Å²) in [5.74, 6) is -0.955. The number of non-ortho nitro benzene ring substituents is 1. The first-order valence-corrected chi connectivity index (χ1v) is 8.70. The Kier molecular flexibility index (Phi) is 5.70. The molecule has 0 radical (unpaired) electrons. The van der Waals surface area contributed by atoms with E-state index in [1.807, 2.05) is 0 Å². The largest absolute Gasteiger partial charge is 0.468 e. The van der Waals surface area contributed by atoms with E-state index < -0.39 is 48.7 Å². The molecule has 0 aromatic heterocycles. The Labute approximate surface area is 153 Å². The van der Waals surface area contributed by atoms with Gasteiger partial charge in [-0.3, -0.25) is 29.3 Å². The quantitative estimate of drug-likeness (QED) is 0.391. The molecule has 2 aromatic rings. The number of nitro groups is 2. The van der Waals surface area contributed by atoms with Crippen LogP contribution in [0.1, 0.15) is 0 Å². The van der Waals surface area contributed by atoms with Crippen molar-refractivity contribution in [3.05, 3.63) is 68.8 Å². The average molecular weight is 395 g/mol. The molecule has 11 nitrogen and oxygen atoms in total. The van der Waals surface area contributed by atoms with Crippen LogP contribution in [-0.2, 0) is 19.6 Å². The minimum atomic E-state index is -4.61. The predicted octanol–water partition coefficient (Wildman–Crippen LogP) is 1.87. The van der Waals surface area contributed by atoms with Crippen LogP contribution in [0, 0.1) is 20.2 Å². The summed E-state index contributed by atoms with van der Waals surface area (Å²) in [6.45, 7) is -0.827. The molecule has 0 bridgehead atoms. The molecule has 12 heteroatoms. The second kappa shape index (κ2) is 7.78. The smallest absolute Gasteiger partial charge is 0.326 e. The third-order valence-corrected chi connectivity index (χ3v) is 5.28. The van der Waals surface area contributed by atoms with Gasteiger partial charge in [-0.15, -0.1) is 0 Å². The number of nitro benzene ring substituents is 2. The highest BCUT2D eigenvalue weighted by molar-refractivity contribution is 7.93. The molecule has 0 N–H and O–H groups in total. The second-order valence-corrected chi connectivity index (χ2v) is 6.92. The minimum Gasteiger partial charge on any atom is -0.468 e. The van der Waals surface area contributed by atoms with Gasteiger partial charge in [0.15, 0.2) is 4.90 Å². The van der Waals surface area contributed by atoms with E-state index >= 15 is 0 Å². The maximum absolute atomic E-state index is 13.0. The maximum Gasteiger partial charge on any atom is 0.326 e. The topological polar surface area (TPSA) is 150 Å². The Morgan fingerprint density at radius 3 is 2.33 bits per heavy atom. The lowest BCUT2D eigenvalue weighted by atomic mass is 10.3. The standard InChI is InChI=1S/C15H13N3O8S/c1-26-15(19)10-16(11-5-4-6-12(9-11)17(20)21)27(24,25)14-8-3-2-7-13(14)18(22)23/h2-9H,10H2,1H3. The first kappa shape index (κ1) is 19.8. The molecular formula is C15H13N3O8S. The molecule has 142 valence electrons. The number of methoxy groups -OCH3 is 1. The molecule has 0 aliphatic rings. The first-order valence-electron chi connectivity index (χ1n) is 7.26. The fourth-order valence-electron chi connectivity index (χ4n) is 2.20. The number of para-hydroxylation sites is 1. The molecule has 0 unspecified atom stereocenters. The third kappa shape index (κ3) is 4.17. The molecule has 0 aliphatic carbocycles. The zero-order chi connectivity index (χ0) is 20.2. The molecule has 0 saturated heterocycles. The van der Waals surface area contributed by atoms with Crippen LogP contribution in [0.3, 0.4) is 0 Å². The number of anilines is 1. The Morgan fingerprint density at radius 1 is 1.07 bits per heavy atom. The zero-order valence-electron chi connectivity index (χ0n) is 13.8. The highest BCUT2D eigenvalue weighted by atomic mass is 32.2. The summed E-state index contributed by atoms with van der Waals surface area (Å²) in [5, 5.41) is 22.2. The molecule has 0 spiro atoms. The van der Waals surface area contributed by atoms with Crippen molar-refractivity contribution in [1.29, 1.82) is 0 Å². The first-order chi connectivity index (χ1) is 12.7. The molecule has 0 saturated carbocycles. The summed E-state index contributed by atoms with van der Waals surface area (Å²) in [5.41, 5.74) is -1.33. The van der Waals surface area contributed by atoms with Crippen molar-refractivity contribution in [2.75, 3.05) is 18.0 Å². The van der Waals surface area contributed by atoms with E-state index in [0.29, 0.717) is 4.31 Å². The van der Waals surface area contributed by atoms with Gasteiger partial charge in [-0.05, 0) is 12.1 Å². The third-order valence-electron chi connectivity index (χ3n) is 3.46. The van der Waals surface area contributed by atoms with Crippen LogP contribution in [-0.4, -0.2) is 37.9 Å². The lowest BCUT2D eigenvalue weighted by molar-refractivity contribution is -0.387. The van der Waals surface area contributed by atoms with Gasteiger partial charge in [0, 0.05) is 18.2 Å². The maximum atomic E-state index is 13.0. The monoisotopic (exact) mass is 395 g/mol. The lowest BCUT2D eigenvalue weighted by Gasteiger charge is -2.23. The van der Waals surface area contributed by atoms with Crippen LogP contribution in [0.5, 0.6) is 0 Å². The molecule has 27 heavy (non-hydrogen) atoms. The van der Waals surface area contributed by atoms with Gasteiger partial charge in [0.05, 0.1) is 22.6 Å².